The van der Waals surface area contributed by atoms with Crippen molar-refractivity contribution in [2.75, 3.05) is 20.1 Å². The maximum absolute atomic E-state index is 12.8. The van der Waals surface area contributed by atoms with E-state index in [2.05, 4.69) is 12.2 Å². The highest BCUT2D eigenvalue weighted by atomic mass is 32.2. The largest absolute Gasteiger partial charge is 0.349 e. The zero-order valence-electron chi connectivity index (χ0n) is 13.9. The summed E-state index contributed by atoms with van der Waals surface area (Å²) in [7, 11) is -1.53. The van der Waals surface area contributed by atoms with Crippen LogP contribution in [0.3, 0.4) is 0 Å². The lowest BCUT2D eigenvalue weighted by Gasteiger charge is -2.21. The van der Waals surface area contributed by atoms with E-state index in [1.54, 1.807) is 16.6 Å². The summed E-state index contributed by atoms with van der Waals surface area (Å²) in [5.74, 6) is 0.314. The molecular weight excluding hydrogens is 286 g/mol. The molecule has 0 amide bonds. The number of aromatic nitrogens is 1. The molecule has 0 unspecified atom stereocenters. The van der Waals surface area contributed by atoms with Gasteiger partial charge in [0.05, 0.1) is 0 Å². The van der Waals surface area contributed by atoms with Gasteiger partial charge in [-0.05, 0) is 25.5 Å². The maximum atomic E-state index is 12.8. The predicted octanol–water partition coefficient (Wildman–Crippen LogP) is 2.28. The Morgan fingerprint density at radius 1 is 1.33 bits per heavy atom. The third-order valence-electron chi connectivity index (χ3n) is 3.34. The van der Waals surface area contributed by atoms with Crippen molar-refractivity contribution in [1.82, 2.24) is 14.2 Å². The molecule has 0 fully saturated rings. The number of sulfonamides is 1. The van der Waals surface area contributed by atoms with Gasteiger partial charge in [0.15, 0.2) is 0 Å². The van der Waals surface area contributed by atoms with Crippen molar-refractivity contribution < 1.29 is 8.42 Å². The van der Waals surface area contributed by atoms with Crippen LogP contribution in [0.5, 0.6) is 0 Å². The molecule has 6 heteroatoms. The van der Waals surface area contributed by atoms with E-state index in [1.165, 1.54) is 0 Å². The average molecular weight is 315 g/mol. The van der Waals surface area contributed by atoms with Gasteiger partial charge in [-0.2, -0.15) is 4.31 Å². The van der Waals surface area contributed by atoms with Crippen molar-refractivity contribution in [3.63, 3.8) is 0 Å². The normalized spacial score (nSPS) is 12.5. The second kappa shape index (κ2) is 7.96. The fourth-order valence-corrected chi connectivity index (χ4v) is 4.08. The molecule has 1 N–H and O–H groups in total. The van der Waals surface area contributed by atoms with Crippen molar-refractivity contribution >= 4 is 10.0 Å². The summed E-state index contributed by atoms with van der Waals surface area (Å²) in [5, 5.41) is 3.09. The molecule has 0 aromatic carbocycles. The smallest absolute Gasteiger partial charge is 0.244 e. The van der Waals surface area contributed by atoms with Crippen LogP contribution in [0.1, 0.15) is 39.8 Å². The lowest BCUT2D eigenvalue weighted by molar-refractivity contribution is 0.381. The van der Waals surface area contributed by atoms with Crippen LogP contribution in [-0.2, 0) is 23.1 Å². The minimum absolute atomic E-state index is 0.314. The molecule has 0 spiro atoms. The number of nitrogens with zero attached hydrogens (tertiary/aromatic N) is 2. The Balaban J connectivity index is 3.14. The van der Waals surface area contributed by atoms with E-state index in [9.17, 15) is 8.42 Å². The second-order valence-corrected chi connectivity index (χ2v) is 7.68. The van der Waals surface area contributed by atoms with Crippen LogP contribution in [0.4, 0.5) is 0 Å². The number of aryl methyl sites for hydroxylation is 1. The van der Waals surface area contributed by atoms with Crippen molar-refractivity contribution in [3.05, 3.63) is 18.0 Å². The van der Waals surface area contributed by atoms with Gasteiger partial charge in [0.25, 0.3) is 0 Å². The molecular formula is C15H29N3O2S. The van der Waals surface area contributed by atoms with Crippen LogP contribution >= 0.6 is 0 Å². The van der Waals surface area contributed by atoms with Crippen molar-refractivity contribution in [2.45, 2.75) is 52.1 Å². The Labute approximate surface area is 129 Å². The van der Waals surface area contributed by atoms with Crippen LogP contribution in [0.2, 0.25) is 0 Å². The molecule has 21 heavy (non-hydrogen) atoms. The van der Waals surface area contributed by atoms with E-state index in [0.29, 0.717) is 30.4 Å². The molecule has 0 radical (unpaired) electrons. The predicted molar refractivity (Wildman–Crippen MR) is 86.8 cm³/mol. The second-order valence-electron chi connectivity index (χ2n) is 5.74. The summed E-state index contributed by atoms with van der Waals surface area (Å²) in [4.78, 5) is 0.406. The number of hydrogen-bond acceptors (Lipinski definition) is 3. The molecule has 0 aliphatic heterocycles. The van der Waals surface area contributed by atoms with Crippen LogP contribution in [0, 0.1) is 5.92 Å². The van der Waals surface area contributed by atoms with Gasteiger partial charge in [0, 0.05) is 38.1 Å². The van der Waals surface area contributed by atoms with Crippen LogP contribution < -0.4 is 5.32 Å². The Morgan fingerprint density at radius 2 is 2.00 bits per heavy atom. The Hall–Kier alpha value is -0.850. The highest BCUT2D eigenvalue weighted by molar-refractivity contribution is 7.89. The highest BCUT2D eigenvalue weighted by Gasteiger charge is 2.25. The van der Waals surface area contributed by atoms with Gasteiger partial charge in [-0.15, -0.1) is 0 Å². The number of rotatable bonds is 9. The van der Waals surface area contributed by atoms with E-state index in [1.807, 2.05) is 32.4 Å². The first kappa shape index (κ1) is 18.2. The van der Waals surface area contributed by atoms with Crippen LogP contribution in [0.15, 0.2) is 17.2 Å². The zero-order valence-corrected chi connectivity index (χ0v) is 14.7. The molecule has 0 saturated carbocycles. The first-order valence-corrected chi connectivity index (χ1v) is 9.14. The van der Waals surface area contributed by atoms with Gasteiger partial charge in [-0.1, -0.05) is 27.7 Å². The Bertz CT molecular complexity index is 512. The SMILES string of the molecule is CCCn1cc(S(=O)(=O)N(CC)CC(C)C)cc1CNC. The molecule has 0 aliphatic carbocycles. The molecule has 1 heterocycles. The van der Waals surface area contributed by atoms with Gasteiger partial charge >= 0.3 is 0 Å². The molecule has 1 aromatic heterocycles. The number of nitrogens with one attached hydrogen (secondary N) is 1. The summed E-state index contributed by atoms with van der Waals surface area (Å²) >= 11 is 0. The molecule has 0 aliphatic rings. The van der Waals surface area contributed by atoms with E-state index < -0.39 is 10.0 Å². The van der Waals surface area contributed by atoms with Crippen LogP contribution in [0.25, 0.3) is 0 Å². The van der Waals surface area contributed by atoms with Gasteiger partial charge in [-0.3, -0.25) is 0 Å². The number of hydrogen-bond donors (Lipinski definition) is 1. The Morgan fingerprint density at radius 3 is 2.48 bits per heavy atom. The molecule has 1 aromatic rings. The molecule has 0 atom stereocenters. The van der Waals surface area contributed by atoms with Gasteiger partial charge in [0.1, 0.15) is 4.90 Å². The van der Waals surface area contributed by atoms with Gasteiger partial charge in [0.2, 0.25) is 10.0 Å². The summed E-state index contributed by atoms with van der Waals surface area (Å²) in [5.41, 5.74) is 1.01. The fraction of sp³-hybridized carbons (Fsp3) is 0.733. The van der Waals surface area contributed by atoms with Gasteiger partial charge < -0.3 is 9.88 Å². The summed E-state index contributed by atoms with van der Waals surface area (Å²) in [6.07, 6.45) is 2.75. The third-order valence-corrected chi connectivity index (χ3v) is 5.25. The summed E-state index contributed by atoms with van der Waals surface area (Å²) in [6, 6.07) is 1.80. The minimum Gasteiger partial charge on any atom is -0.349 e. The van der Waals surface area contributed by atoms with Gasteiger partial charge in [-0.25, -0.2) is 8.42 Å². The summed E-state index contributed by atoms with van der Waals surface area (Å²) in [6.45, 7) is 10.6. The lowest BCUT2D eigenvalue weighted by atomic mass is 10.2. The first-order chi connectivity index (χ1) is 9.86. The van der Waals surface area contributed by atoms with Crippen LogP contribution in [-0.4, -0.2) is 37.4 Å². The van der Waals surface area contributed by atoms with E-state index >= 15 is 0 Å². The third kappa shape index (κ3) is 4.56. The Kier molecular flexibility index (Phi) is 6.90. The first-order valence-electron chi connectivity index (χ1n) is 7.70. The van der Waals surface area contributed by atoms with Crippen molar-refractivity contribution in [2.24, 2.45) is 5.92 Å². The minimum atomic E-state index is -3.40. The van der Waals surface area contributed by atoms with E-state index in [4.69, 9.17) is 0 Å². The molecule has 122 valence electrons. The van der Waals surface area contributed by atoms with Crippen molar-refractivity contribution in [3.8, 4) is 0 Å². The molecule has 1 rings (SSSR count). The molecule has 0 bridgehead atoms. The summed E-state index contributed by atoms with van der Waals surface area (Å²) < 4.78 is 29.1. The lowest BCUT2D eigenvalue weighted by Crippen LogP contribution is -2.33. The van der Waals surface area contributed by atoms with E-state index in [0.717, 1.165) is 18.7 Å². The van der Waals surface area contributed by atoms with Crippen molar-refractivity contribution in [1.29, 1.82) is 0 Å². The highest BCUT2D eigenvalue weighted by Crippen LogP contribution is 2.20. The topological polar surface area (TPSA) is 54.3 Å². The molecule has 5 nitrogen and oxygen atoms in total. The van der Waals surface area contributed by atoms with E-state index in [-0.39, 0.29) is 0 Å². The zero-order chi connectivity index (χ0) is 16.0. The fourth-order valence-electron chi connectivity index (χ4n) is 2.40. The standard InChI is InChI=1S/C15H29N3O2S/c1-6-8-17-12-15(9-14(17)10-16-5)21(19,20)18(7-2)11-13(3)4/h9,12-13,16H,6-8,10-11H2,1-5H3. The monoisotopic (exact) mass is 315 g/mol. The molecule has 0 saturated heterocycles. The average Bonchev–Trinajstić information content (AvgIpc) is 2.80. The maximum Gasteiger partial charge on any atom is 0.244 e. The quantitative estimate of drug-likeness (QED) is 0.760.